The SMILES string of the molecule is CN(C)C1CCCN(CCC(N)=NO)C1. The van der Waals surface area contributed by atoms with Gasteiger partial charge in [0.1, 0.15) is 5.84 Å². The molecule has 0 aromatic rings. The lowest BCUT2D eigenvalue weighted by Crippen LogP contribution is -2.45. The van der Waals surface area contributed by atoms with Crippen LogP contribution in [-0.4, -0.2) is 60.6 Å². The molecule has 1 aliphatic rings. The Kier molecular flexibility index (Phi) is 4.84. The van der Waals surface area contributed by atoms with Crippen molar-refractivity contribution in [2.75, 3.05) is 33.7 Å². The van der Waals surface area contributed by atoms with Crippen molar-refractivity contribution in [3.8, 4) is 0 Å². The Morgan fingerprint density at radius 3 is 2.93 bits per heavy atom. The monoisotopic (exact) mass is 214 g/mol. The van der Waals surface area contributed by atoms with Gasteiger partial charge in [-0.25, -0.2) is 0 Å². The molecule has 0 bridgehead atoms. The summed E-state index contributed by atoms with van der Waals surface area (Å²) >= 11 is 0. The molecule has 1 unspecified atom stereocenters. The smallest absolute Gasteiger partial charge is 0.140 e. The van der Waals surface area contributed by atoms with Crippen molar-refractivity contribution in [1.82, 2.24) is 9.80 Å². The first-order valence-electron chi connectivity index (χ1n) is 5.48. The molecule has 1 heterocycles. The largest absolute Gasteiger partial charge is 0.409 e. The van der Waals surface area contributed by atoms with Crippen LogP contribution in [0.5, 0.6) is 0 Å². The predicted molar refractivity (Wildman–Crippen MR) is 61.2 cm³/mol. The number of likely N-dealkylation sites (tertiary alicyclic amines) is 1. The van der Waals surface area contributed by atoms with E-state index in [0.29, 0.717) is 18.3 Å². The molecule has 3 N–H and O–H groups in total. The van der Waals surface area contributed by atoms with Gasteiger partial charge < -0.3 is 20.7 Å². The van der Waals surface area contributed by atoms with E-state index in [0.717, 1.165) is 19.6 Å². The van der Waals surface area contributed by atoms with Crippen molar-refractivity contribution in [2.45, 2.75) is 25.3 Å². The van der Waals surface area contributed by atoms with Gasteiger partial charge in [0.25, 0.3) is 0 Å². The molecule has 1 fully saturated rings. The van der Waals surface area contributed by atoms with Gasteiger partial charge in [0, 0.05) is 25.6 Å². The summed E-state index contributed by atoms with van der Waals surface area (Å²) in [6.45, 7) is 3.11. The molecular formula is C10H22N4O. The molecule has 1 atom stereocenters. The Bertz CT molecular complexity index is 217. The highest BCUT2D eigenvalue weighted by atomic mass is 16.4. The first-order valence-corrected chi connectivity index (χ1v) is 5.48. The summed E-state index contributed by atoms with van der Waals surface area (Å²) in [5.74, 6) is 0.321. The van der Waals surface area contributed by atoms with Crippen LogP contribution in [0, 0.1) is 0 Å². The lowest BCUT2D eigenvalue weighted by atomic mass is 10.0. The average Bonchev–Trinajstić information content (AvgIpc) is 2.26. The van der Waals surface area contributed by atoms with E-state index < -0.39 is 0 Å². The number of piperidine rings is 1. The molecule has 0 spiro atoms. The Hall–Kier alpha value is -0.810. The summed E-state index contributed by atoms with van der Waals surface area (Å²) in [6, 6.07) is 0.644. The van der Waals surface area contributed by atoms with Crippen molar-refractivity contribution in [1.29, 1.82) is 0 Å². The number of nitrogens with zero attached hydrogens (tertiary/aromatic N) is 3. The van der Waals surface area contributed by atoms with Gasteiger partial charge in [-0.15, -0.1) is 0 Å². The normalized spacial score (nSPS) is 24.7. The minimum absolute atomic E-state index is 0.321. The molecule has 1 rings (SSSR count). The second kappa shape index (κ2) is 5.92. The fourth-order valence-corrected chi connectivity index (χ4v) is 1.98. The van der Waals surface area contributed by atoms with Crippen LogP contribution in [0.2, 0.25) is 0 Å². The Morgan fingerprint density at radius 2 is 2.33 bits per heavy atom. The van der Waals surface area contributed by atoms with E-state index in [-0.39, 0.29) is 0 Å². The molecule has 5 nitrogen and oxygen atoms in total. The number of rotatable bonds is 4. The van der Waals surface area contributed by atoms with E-state index in [1.54, 1.807) is 0 Å². The van der Waals surface area contributed by atoms with Gasteiger partial charge in [-0.3, -0.25) is 0 Å². The van der Waals surface area contributed by atoms with Crippen molar-refractivity contribution in [3.05, 3.63) is 0 Å². The summed E-state index contributed by atoms with van der Waals surface area (Å²) in [5.41, 5.74) is 5.45. The van der Waals surface area contributed by atoms with Gasteiger partial charge >= 0.3 is 0 Å². The molecule has 5 heteroatoms. The van der Waals surface area contributed by atoms with Gasteiger partial charge in [0.05, 0.1) is 0 Å². The van der Waals surface area contributed by atoms with E-state index in [2.05, 4.69) is 29.1 Å². The van der Waals surface area contributed by atoms with E-state index in [1.165, 1.54) is 12.8 Å². The van der Waals surface area contributed by atoms with Gasteiger partial charge in [-0.05, 0) is 33.5 Å². The van der Waals surface area contributed by atoms with Crippen LogP contribution in [0.25, 0.3) is 0 Å². The van der Waals surface area contributed by atoms with Crippen molar-refractivity contribution in [2.24, 2.45) is 10.9 Å². The summed E-state index contributed by atoms with van der Waals surface area (Å²) < 4.78 is 0. The summed E-state index contributed by atoms with van der Waals surface area (Å²) in [7, 11) is 4.25. The van der Waals surface area contributed by atoms with Crippen molar-refractivity contribution < 1.29 is 5.21 Å². The van der Waals surface area contributed by atoms with Crippen molar-refractivity contribution >= 4 is 5.84 Å². The highest BCUT2D eigenvalue weighted by Crippen LogP contribution is 2.13. The zero-order chi connectivity index (χ0) is 11.3. The third kappa shape index (κ3) is 4.05. The molecule has 88 valence electrons. The summed E-state index contributed by atoms with van der Waals surface area (Å²) in [6.07, 6.45) is 3.16. The number of oxime groups is 1. The molecule has 0 saturated carbocycles. The predicted octanol–water partition coefficient (Wildman–Crippen LogP) is 0.149. The van der Waals surface area contributed by atoms with Crippen molar-refractivity contribution in [3.63, 3.8) is 0 Å². The van der Waals surface area contributed by atoms with Gasteiger partial charge in [-0.1, -0.05) is 5.16 Å². The first kappa shape index (κ1) is 12.3. The zero-order valence-corrected chi connectivity index (χ0v) is 9.69. The van der Waals surface area contributed by atoms with Crippen LogP contribution < -0.4 is 5.73 Å². The maximum absolute atomic E-state index is 8.44. The third-order valence-electron chi connectivity index (χ3n) is 3.02. The molecule has 1 aliphatic heterocycles. The van der Waals surface area contributed by atoms with Crippen LogP contribution in [0.4, 0.5) is 0 Å². The Balaban J connectivity index is 2.30. The molecular weight excluding hydrogens is 192 g/mol. The number of amidine groups is 1. The highest BCUT2D eigenvalue weighted by Gasteiger charge is 2.20. The standard InChI is InChI=1S/C10H22N4O/c1-13(2)9-4-3-6-14(8-9)7-5-10(11)12-15/h9,15H,3-8H2,1-2H3,(H2,11,12). The zero-order valence-electron chi connectivity index (χ0n) is 9.69. The Morgan fingerprint density at radius 1 is 1.60 bits per heavy atom. The first-order chi connectivity index (χ1) is 7.13. The maximum atomic E-state index is 8.44. The average molecular weight is 214 g/mol. The fourth-order valence-electron chi connectivity index (χ4n) is 1.98. The highest BCUT2D eigenvalue weighted by molar-refractivity contribution is 5.79. The lowest BCUT2D eigenvalue weighted by Gasteiger charge is -2.36. The van der Waals surface area contributed by atoms with E-state index in [9.17, 15) is 0 Å². The maximum Gasteiger partial charge on any atom is 0.140 e. The Labute approximate surface area is 91.5 Å². The molecule has 15 heavy (non-hydrogen) atoms. The fraction of sp³-hybridized carbons (Fsp3) is 0.900. The summed E-state index contributed by atoms with van der Waals surface area (Å²) in [5, 5.41) is 11.4. The van der Waals surface area contributed by atoms with Gasteiger partial charge in [0.15, 0.2) is 0 Å². The third-order valence-corrected chi connectivity index (χ3v) is 3.02. The van der Waals surface area contributed by atoms with Gasteiger partial charge in [0.2, 0.25) is 0 Å². The molecule has 0 amide bonds. The molecule has 0 aromatic heterocycles. The molecule has 1 saturated heterocycles. The lowest BCUT2D eigenvalue weighted by molar-refractivity contribution is 0.135. The van der Waals surface area contributed by atoms with E-state index in [4.69, 9.17) is 10.9 Å². The minimum atomic E-state index is 0.321. The van der Waals surface area contributed by atoms with E-state index >= 15 is 0 Å². The van der Waals surface area contributed by atoms with Crippen LogP contribution in [-0.2, 0) is 0 Å². The second-order valence-electron chi connectivity index (χ2n) is 4.40. The number of nitrogens with two attached hydrogens (primary N) is 1. The number of likely N-dealkylation sites (N-methyl/N-ethyl adjacent to an activating group) is 1. The molecule has 0 aliphatic carbocycles. The quantitative estimate of drug-likeness (QED) is 0.302. The van der Waals surface area contributed by atoms with Gasteiger partial charge in [-0.2, -0.15) is 0 Å². The number of hydrogen-bond acceptors (Lipinski definition) is 4. The minimum Gasteiger partial charge on any atom is -0.409 e. The number of hydrogen-bond donors (Lipinski definition) is 2. The molecule has 0 aromatic carbocycles. The summed E-state index contributed by atoms with van der Waals surface area (Å²) in [4.78, 5) is 4.65. The second-order valence-corrected chi connectivity index (χ2v) is 4.40. The van der Waals surface area contributed by atoms with E-state index in [1.807, 2.05) is 0 Å². The van der Waals surface area contributed by atoms with Crippen LogP contribution >= 0.6 is 0 Å². The topological polar surface area (TPSA) is 65.1 Å². The van der Waals surface area contributed by atoms with Crippen LogP contribution in [0.1, 0.15) is 19.3 Å². The van der Waals surface area contributed by atoms with Crippen LogP contribution in [0.3, 0.4) is 0 Å². The van der Waals surface area contributed by atoms with Crippen LogP contribution in [0.15, 0.2) is 5.16 Å². The molecule has 0 radical (unpaired) electrons.